The molecule has 1 aliphatic heterocycles. The van der Waals surface area contributed by atoms with Crippen molar-refractivity contribution in [1.82, 2.24) is 0 Å². The lowest BCUT2D eigenvalue weighted by atomic mass is 10.1. The van der Waals surface area contributed by atoms with Crippen LogP contribution in [0.2, 0.25) is 0 Å². The minimum absolute atomic E-state index is 0.360. The third-order valence-electron chi connectivity index (χ3n) is 1.95. The van der Waals surface area contributed by atoms with Crippen molar-refractivity contribution in [3.8, 4) is 11.5 Å². The zero-order valence-corrected chi connectivity index (χ0v) is 9.58. The molecule has 13 heavy (non-hydrogen) atoms. The summed E-state index contributed by atoms with van der Waals surface area (Å²) >= 11 is 2.42. The van der Waals surface area contributed by atoms with E-state index in [1.165, 1.54) is 5.56 Å². The van der Waals surface area contributed by atoms with Crippen LogP contribution in [0.1, 0.15) is 12.5 Å². The zero-order valence-electron chi connectivity index (χ0n) is 7.42. The van der Waals surface area contributed by atoms with E-state index in [0.29, 0.717) is 10.7 Å². The van der Waals surface area contributed by atoms with Crippen LogP contribution >= 0.6 is 22.6 Å². The highest BCUT2D eigenvalue weighted by atomic mass is 127. The first-order valence-corrected chi connectivity index (χ1v) is 5.53. The van der Waals surface area contributed by atoms with Gasteiger partial charge in [0.1, 0.15) is 0 Å². The Morgan fingerprint density at radius 2 is 2.15 bits per heavy atom. The number of alkyl halides is 1. The molecular weight excluding hydrogens is 279 g/mol. The average Bonchev–Trinajstić information content (AvgIpc) is 2.49. The van der Waals surface area contributed by atoms with Gasteiger partial charge in [-0.15, -0.1) is 0 Å². The van der Waals surface area contributed by atoms with Crippen molar-refractivity contribution in [3.63, 3.8) is 0 Å². The lowest BCUT2D eigenvalue weighted by Gasteiger charge is -2.04. The van der Waals surface area contributed by atoms with Crippen LogP contribution in [0.3, 0.4) is 0 Å². The Morgan fingerprint density at radius 3 is 2.92 bits per heavy atom. The maximum absolute atomic E-state index is 5.30. The third kappa shape index (κ3) is 2.07. The smallest absolute Gasteiger partial charge is 0.231 e. The fourth-order valence-corrected chi connectivity index (χ4v) is 1.90. The van der Waals surface area contributed by atoms with E-state index in [-0.39, 0.29) is 0 Å². The van der Waals surface area contributed by atoms with Crippen molar-refractivity contribution in [2.75, 3.05) is 6.79 Å². The summed E-state index contributed by atoms with van der Waals surface area (Å²) in [6, 6.07) is 6.15. The number of benzene rings is 1. The fraction of sp³-hybridized carbons (Fsp3) is 0.400. The van der Waals surface area contributed by atoms with Crippen LogP contribution in [0, 0.1) is 0 Å². The van der Waals surface area contributed by atoms with Gasteiger partial charge < -0.3 is 9.47 Å². The number of hydrogen-bond donors (Lipinski definition) is 0. The van der Waals surface area contributed by atoms with Crippen molar-refractivity contribution in [2.24, 2.45) is 0 Å². The fourth-order valence-electron chi connectivity index (χ4n) is 1.39. The Labute approximate surface area is 91.4 Å². The third-order valence-corrected chi connectivity index (χ3v) is 2.39. The number of rotatable bonds is 2. The molecule has 1 heterocycles. The van der Waals surface area contributed by atoms with Gasteiger partial charge in [-0.05, 0) is 24.1 Å². The molecule has 2 nitrogen and oxygen atoms in total. The van der Waals surface area contributed by atoms with Gasteiger partial charge in [0.25, 0.3) is 0 Å². The van der Waals surface area contributed by atoms with Gasteiger partial charge in [-0.1, -0.05) is 35.6 Å². The molecule has 2 rings (SSSR count). The molecule has 0 aliphatic carbocycles. The monoisotopic (exact) mass is 290 g/mol. The molecule has 0 spiro atoms. The predicted molar refractivity (Wildman–Crippen MR) is 59.8 cm³/mol. The molecule has 1 atom stereocenters. The van der Waals surface area contributed by atoms with Gasteiger partial charge in [-0.25, -0.2) is 0 Å². The van der Waals surface area contributed by atoms with Gasteiger partial charge in [0.15, 0.2) is 11.5 Å². The van der Waals surface area contributed by atoms with Crippen LogP contribution in [0.15, 0.2) is 18.2 Å². The molecule has 0 amide bonds. The van der Waals surface area contributed by atoms with Crippen LogP contribution in [-0.2, 0) is 6.42 Å². The quantitative estimate of drug-likeness (QED) is 0.616. The molecular formula is C10H11IO2. The molecule has 0 N–H and O–H groups in total. The van der Waals surface area contributed by atoms with Crippen molar-refractivity contribution in [3.05, 3.63) is 23.8 Å². The summed E-state index contributed by atoms with van der Waals surface area (Å²) in [5.41, 5.74) is 1.31. The van der Waals surface area contributed by atoms with Crippen molar-refractivity contribution in [1.29, 1.82) is 0 Å². The Kier molecular flexibility index (Phi) is 2.62. The molecule has 1 aromatic rings. The van der Waals surface area contributed by atoms with Gasteiger partial charge in [-0.3, -0.25) is 0 Å². The molecule has 0 aromatic heterocycles. The van der Waals surface area contributed by atoms with E-state index in [4.69, 9.17) is 9.47 Å². The second-order valence-corrected chi connectivity index (χ2v) is 5.30. The van der Waals surface area contributed by atoms with Crippen molar-refractivity contribution < 1.29 is 9.47 Å². The highest BCUT2D eigenvalue weighted by Gasteiger charge is 2.13. The van der Waals surface area contributed by atoms with Crippen LogP contribution in [0.25, 0.3) is 0 Å². The Bertz CT molecular complexity index is 310. The highest BCUT2D eigenvalue weighted by molar-refractivity contribution is 14.1. The van der Waals surface area contributed by atoms with E-state index >= 15 is 0 Å². The van der Waals surface area contributed by atoms with Gasteiger partial charge in [0.05, 0.1) is 0 Å². The molecule has 1 aromatic carbocycles. The molecule has 0 fully saturated rings. The van der Waals surface area contributed by atoms with E-state index < -0.39 is 0 Å². The molecule has 0 saturated carbocycles. The molecule has 3 heteroatoms. The number of hydrogen-bond acceptors (Lipinski definition) is 2. The van der Waals surface area contributed by atoms with Gasteiger partial charge in [0.2, 0.25) is 6.79 Å². The van der Waals surface area contributed by atoms with Crippen LogP contribution in [0.5, 0.6) is 11.5 Å². The van der Waals surface area contributed by atoms with Crippen LogP contribution in [-0.4, -0.2) is 10.7 Å². The van der Waals surface area contributed by atoms with Gasteiger partial charge in [-0.2, -0.15) is 0 Å². The van der Waals surface area contributed by atoms with Crippen LogP contribution < -0.4 is 9.47 Å². The summed E-state index contributed by atoms with van der Waals surface area (Å²) in [7, 11) is 0. The van der Waals surface area contributed by atoms with E-state index in [1.807, 2.05) is 6.07 Å². The Balaban J connectivity index is 2.21. The second kappa shape index (κ2) is 3.74. The summed E-state index contributed by atoms with van der Waals surface area (Å²) in [4.78, 5) is 0. The lowest BCUT2D eigenvalue weighted by molar-refractivity contribution is 0.174. The normalized spacial score (nSPS) is 15.8. The van der Waals surface area contributed by atoms with Crippen molar-refractivity contribution in [2.45, 2.75) is 17.3 Å². The zero-order chi connectivity index (χ0) is 9.26. The van der Waals surface area contributed by atoms with E-state index in [1.54, 1.807) is 0 Å². The Hall–Kier alpha value is -0.450. The molecule has 0 bridgehead atoms. The SMILES string of the molecule is C[C@H](I)Cc1ccc2c(c1)OCO2. The summed E-state index contributed by atoms with van der Waals surface area (Å²) in [6.07, 6.45) is 1.08. The summed E-state index contributed by atoms with van der Waals surface area (Å²) in [6.45, 7) is 2.56. The van der Waals surface area contributed by atoms with Gasteiger partial charge in [0, 0.05) is 3.92 Å². The van der Waals surface area contributed by atoms with Gasteiger partial charge >= 0.3 is 0 Å². The summed E-state index contributed by atoms with van der Waals surface area (Å²) in [5.74, 6) is 1.75. The topological polar surface area (TPSA) is 18.5 Å². The average molecular weight is 290 g/mol. The molecule has 1 aliphatic rings. The van der Waals surface area contributed by atoms with E-state index in [0.717, 1.165) is 17.9 Å². The number of halogens is 1. The van der Waals surface area contributed by atoms with Crippen molar-refractivity contribution >= 4 is 22.6 Å². The summed E-state index contributed by atoms with van der Waals surface area (Å²) < 4.78 is 11.2. The molecule has 0 radical (unpaired) electrons. The first kappa shape index (κ1) is 9.12. The summed E-state index contributed by atoms with van der Waals surface area (Å²) in [5, 5.41) is 0. The second-order valence-electron chi connectivity index (χ2n) is 3.17. The first-order valence-electron chi connectivity index (χ1n) is 4.28. The highest BCUT2D eigenvalue weighted by Crippen LogP contribution is 2.33. The molecule has 0 unspecified atom stereocenters. The minimum atomic E-state index is 0.360. The predicted octanol–water partition coefficient (Wildman–Crippen LogP) is 2.78. The maximum Gasteiger partial charge on any atom is 0.231 e. The minimum Gasteiger partial charge on any atom is -0.454 e. The number of fused-ring (bicyclic) bond motifs is 1. The van der Waals surface area contributed by atoms with Crippen LogP contribution in [0.4, 0.5) is 0 Å². The lowest BCUT2D eigenvalue weighted by Crippen LogP contribution is -1.95. The standard InChI is InChI=1S/C10H11IO2/c1-7(11)4-8-2-3-9-10(5-8)13-6-12-9/h2-3,5,7H,4,6H2,1H3/t7-/m0/s1. The largest absolute Gasteiger partial charge is 0.454 e. The number of ether oxygens (including phenoxy) is 2. The maximum atomic E-state index is 5.30. The van der Waals surface area contributed by atoms with E-state index in [2.05, 4.69) is 41.6 Å². The molecule has 70 valence electrons. The van der Waals surface area contributed by atoms with E-state index in [9.17, 15) is 0 Å². The first-order chi connectivity index (χ1) is 6.25. The molecule has 0 saturated heterocycles. The Morgan fingerprint density at radius 1 is 1.38 bits per heavy atom.